The molecule has 0 saturated carbocycles. The molecule has 27 heavy (non-hydrogen) atoms. The molecule has 5 nitrogen and oxygen atoms in total. The molecule has 1 aromatic carbocycles. The molecule has 0 radical (unpaired) electrons. The van der Waals surface area contributed by atoms with Crippen LogP contribution >= 0.6 is 0 Å². The Balaban J connectivity index is 2.09. The molecule has 1 aliphatic heterocycles. The van der Waals surface area contributed by atoms with Gasteiger partial charge in [-0.15, -0.1) is 0 Å². The van der Waals surface area contributed by atoms with Crippen LogP contribution in [0.2, 0.25) is 0 Å². The zero-order valence-electron chi connectivity index (χ0n) is 16.8. The fourth-order valence-electron chi connectivity index (χ4n) is 3.23. The maximum absolute atomic E-state index is 14.7. The van der Waals surface area contributed by atoms with Crippen LogP contribution in [0.15, 0.2) is 24.3 Å². The average Bonchev–Trinajstić information content (AvgIpc) is 2.66. The Morgan fingerprint density at radius 1 is 1.30 bits per heavy atom. The fourth-order valence-corrected chi connectivity index (χ4v) is 3.23. The lowest BCUT2D eigenvalue weighted by Gasteiger charge is -2.33. The molecule has 0 spiro atoms. The van der Waals surface area contributed by atoms with E-state index in [1.165, 1.54) is 0 Å². The topological polar surface area (TPSA) is 50.8 Å². The predicted octanol–water partition coefficient (Wildman–Crippen LogP) is 2.85. The van der Waals surface area contributed by atoms with Crippen molar-refractivity contribution in [1.82, 2.24) is 10.2 Å². The quantitative estimate of drug-likeness (QED) is 0.718. The van der Waals surface area contributed by atoms with Gasteiger partial charge in [-0.25, -0.2) is 4.39 Å². The summed E-state index contributed by atoms with van der Waals surface area (Å²) in [5.41, 5.74) is 2.15. The second-order valence-corrected chi connectivity index (χ2v) is 7.30. The highest BCUT2D eigenvalue weighted by Gasteiger charge is 2.28. The van der Waals surface area contributed by atoms with Gasteiger partial charge in [-0.3, -0.25) is 9.69 Å². The molecule has 6 heteroatoms. The van der Waals surface area contributed by atoms with Crippen LogP contribution in [0, 0.1) is 11.7 Å². The summed E-state index contributed by atoms with van der Waals surface area (Å²) in [6.07, 6.45) is 2.70. The molecule has 150 valence electrons. The van der Waals surface area contributed by atoms with Crippen molar-refractivity contribution in [2.75, 3.05) is 40.5 Å². The lowest BCUT2D eigenvalue weighted by atomic mass is 9.96. The van der Waals surface area contributed by atoms with Gasteiger partial charge in [0.15, 0.2) is 0 Å². The number of rotatable bonds is 9. The summed E-state index contributed by atoms with van der Waals surface area (Å²) in [4.78, 5) is 14.6. The van der Waals surface area contributed by atoms with Gasteiger partial charge in [-0.2, -0.15) is 0 Å². The Labute approximate surface area is 161 Å². The zero-order valence-corrected chi connectivity index (χ0v) is 16.8. The van der Waals surface area contributed by atoms with Crippen LogP contribution < -0.4 is 5.32 Å². The molecule has 0 aliphatic carbocycles. The molecule has 1 aliphatic rings. The van der Waals surface area contributed by atoms with Crippen LogP contribution in [-0.4, -0.2) is 57.3 Å². The van der Waals surface area contributed by atoms with Crippen molar-refractivity contribution < 1.29 is 18.7 Å². The maximum Gasteiger partial charge on any atom is 0.239 e. The number of nitrogens with one attached hydrogen (secondary N) is 1. The van der Waals surface area contributed by atoms with Gasteiger partial charge < -0.3 is 14.8 Å². The summed E-state index contributed by atoms with van der Waals surface area (Å²) in [5, 5.41) is 2.98. The summed E-state index contributed by atoms with van der Waals surface area (Å²) in [6, 6.07) is 5.06. The van der Waals surface area contributed by atoms with Gasteiger partial charge in [-0.1, -0.05) is 38.1 Å². The normalized spacial score (nSPS) is 16.3. The van der Waals surface area contributed by atoms with Crippen molar-refractivity contribution in [3.05, 3.63) is 41.2 Å². The van der Waals surface area contributed by atoms with Crippen molar-refractivity contribution in [3.8, 4) is 0 Å². The van der Waals surface area contributed by atoms with Gasteiger partial charge in [0.2, 0.25) is 5.91 Å². The molecule has 1 N–H and O–H groups in total. The largest absolute Gasteiger partial charge is 0.383 e. The van der Waals surface area contributed by atoms with Crippen molar-refractivity contribution >= 4 is 11.5 Å². The van der Waals surface area contributed by atoms with Gasteiger partial charge >= 0.3 is 0 Å². The van der Waals surface area contributed by atoms with Crippen LogP contribution in [0.1, 0.15) is 31.4 Å². The summed E-state index contributed by atoms with van der Waals surface area (Å²) in [7, 11) is 3.16. The lowest BCUT2D eigenvalue weighted by Crippen LogP contribution is -2.51. The number of nitrogens with zero attached hydrogens (tertiary/aromatic N) is 1. The number of hydrogen-bond donors (Lipinski definition) is 1. The first-order chi connectivity index (χ1) is 13.0. The molecule has 1 unspecified atom stereocenters. The number of ether oxygens (including phenoxy) is 2. The third kappa shape index (κ3) is 5.86. The van der Waals surface area contributed by atoms with E-state index in [-0.39, 0.29) is 24.4 Å². The van der Waals surface area contributed by atoms with E-state index in [1.807, 2.05) is 12.1 Å². The number of carbonyl (C=O) groups excluding carboxylic acids is 1. The van der Waals surface area contributed by atoms with E-state index in [9.17, 15) is 9.18 Å². The lowest BCUT2D eigenvalue weighted by molar-refractivity contribution is -0.128. The Morgan fingerprint density at radius 3 is 2.67 bits per heavy atom. The van der Waals surface area contributed by atoms with Gasteiger partial charge in [0, 0.05) is 45.0 Å². The summed E-state index contributed by atoms with van der Waals surface area (Å²) in [6.45, 7) is 6.64. The number of carbonyl (C=O) groups is 1. The number of amides is 1. The highest BCUT2D eigenvalue weighted by Crippen LogP contribution is 2.27. The molecule has 1 heterocycles. The molecule has 1 atom stereocenters. The molecular formula is C21H31FN2O3. The SMILES string of the molecule is COCc1cccc(C2=CCN(C(COC)C(=O)NCC(C)C)CC2)c1F. The second-order valence-electron chi connectivity index (χ2n) is 7.30. The number of benzene rings is 1. The Kier molecular flexibility index (Phi) is 8.41. The first-order valence-electron chi connectivity index (χ1n) is 9.44. The highest BCUT2D eigenvalue weighted by molar-refractivity contribution is 5.82. The third-order valence-electron chi connectivity index (χ3n) is 4.72. The number of hydrogen-bond acceptors (Lipinski definition) is 4. The molecule has 2 rings (SSSR count). The van der Waals surface area contributed by atoms with Crippen LogP contribution in [0.4, 0.5) is 4.39 Å². The van der Waals surface area contributed by atoms with E-state index in [1.54, 1.807) is 26.4 Å². The number of halogens is 1. The smallest absolute Gasteiger partial charge is 0.239 e. The third-order valence-corrected chi connectivity index (χ3v) is 4.72. The van der Waals surface area contributed by atoms with E-state index in [0.29, 0.717) is 49.7 Å². The van der Waals surface area contributed by atoms with Crippen LogP contribution in [0.5, 0.6) is 0 Å². The minimum absolute atomic E-state index is 0.0179. The van der Waals surface area contributed by atoms with Gasteiger partial charge in [0.25, 0.3) is 0 Å². The molecule has 0 fully saturated rings. The first-order valence-corrected chi connectivity index (χ1v) is 9.44. The summed E-state index contributed by atoms with van der Waals surface area (Å²) < 4.78 is 25.0. The van der Waals surface area contributed by atoms with Crippen molar-refractivity contribution in [2.45, 2.75) is 32.9 Å². The summed E-state index contributed by atoms with van der Waals surface area (Å²) in [5.74, 6) is 0.158. The first kappa shape index (κ1) is 21.5. The van der Waals surface area contributed by atoms with E-state index in [2.05, 4.69) is 24.1 Å². The minimum atomic E-state index is -0.337. The van der Waals surface area contributed by atoms with Crippen LogP contribution in [0.3, 0.4) is 0 Å². The average molecular weight is 378 g/mol. The summed E-state index contributed by atoms with van der Waals surface area (Å²) >= 11 is 0. The molecule has 0 aromatic heterocycles. The Bertz CT molecular complexity index is 661. The van der Waals surface area contributed by atoms with Gasteiger partial charge in [0.05, 0.1) is 13.2 Å². The van der Waals surface area contributed by atoms with Crippen LogP contribution in [-0.2, 0) is 20.9 Å². The van der Waals surface area contributed by atoms with Gasteiger partial charge in [-0.05, 0) is 17.9 Å². The van der Waals surface area contributed by atoms with E-state index in [0.717, 1.165) is 5.57 Å². The van der Waals surface area contributed by atoms with Crippen molar-refractivity contribution in [3.63, 3.8) is 0 Å². The van der Waals surface area contributed by atoms with Crippen LogP contribution in [0.25, 0.3) is 5.57 Å². The minimum Gasteiger partial charge on any atom is -0.383 e. The van der Waals surface area contributed by atoms with Gasteiger partial charge in [0.1, 0.15) is 11.9 Å². The van der Waals surface area contributed by atoms with E-state index >= 15 is 0 Å². The standard InChI is InChI=1S/C21H31FN2O3/c1-15(2)12-23-21(25)19(14-27-4)24-10-8-16(9-11-24)18-7-5-6-17(13-26-3)20(18)22/h5-8,15,19H,9-14H2,1-4H3,(H,23,25). The zero-order chi connectivity index (χ0) is 19.8. The second kappa shape index (κ2) is 10.5. The van der Waals surface area contributed by atoms with Crippen molar-refractivity contribution in [1.29, 1.82) is 0 Å². The maximum atomic E-state index is 14.7. The molecule has 0 bridgehead atoms. The van der Waals surface area contributed by atoms with E-state index < -0.39 is 0 Å². The fraction of sp³-hybridized carbons (Fsp3) is 0.571. The van der Waals surface area contributed by atoms with Crippen molar-refractivity contribution in [2.24, 2.45) is 5.92 Å². The van der Waals surface area contributed by atoms with E-state index in [4.69, 9.17) is 9.47 Å². The molecule has 1 amide bonds. The highest BCUT2D eigenvalue weighted by atomic mass is 19.1. The Hall–Kier alpha value is -1.76. The Morgan fingerprint density at radius 2 is 2.07 bits per heavy atom. The molecular weight excluding hydrogens is 347 g/mol. The predicted molar refractivity (Wildman–Crippen MR) is 105 cm³/mol. The molecule has 0 saturated heterocycles. The monoisotopic (exact) mass is 378 g/mol. The molecule has 1 aromatic rings. The number of methoxy groups -OCH3 is 2.